The Kier molecular flexibility index (Phi) is 6.25. The first-order chi connectivity index (χ1) is 16.9. The molecule has 3 saturated carbocycles. The topological polar surface area (TPSA) is 116 Å². The van der Waals surface area contributed by atoms with Crippen molar-refractivity contribution in [2.75, 3.05) is 0 Å². The zero-order valence-corrected chi connectivity index (χ0v) is 23.7. The van der Waals surface area contributed by atoms with E-state index in [0.717, 1.165) is 24.8 Å². The summed E-state index contributed by atoms with van der Waals surface area (Å²) in [5, 5.41) is 43.9. The molecule has 7 nitrogen and oxygen atoms in total. The molecular formula is C30H48O7. The largest absolute Gasteiger partial charge is 0.390 e. The van der Waals surface area contributed by atoms with Crippen molar-refractivity contribution in [3.63, 3.8) is 0 Å². The molecule has 1 saturated heterocycles. The smallest absolute Gasteiger partial charge is 0.164 e. The van der Waals surface area contributed by atoms with Crippen LogP contribution in [0.2, 0.25) is 0 Å². The van der Waals surface area contributed by atoms with Crippen molar-refractivity contribution in [3.05, 3.63) is 11.6 Å². The number of rotatable bonds is 4. The highest BCUT2D eigenvalue weighted by atomic mass is 16.8. The number of hydrogen-bond acceptors (Lipinski definition) is 7. The number of aliphatic hydroxyl groups excluding tert-OH is 2. The number of allylic oxidation sites excluding steroid dienone is 1. The van der Waals surface area contributed by atoms with Gasteiger partial charge in [-0.1, -0.05) is 13.8 Å². The minimum atomic E-state index is -1.15. The Morgan fingerprint density at radius 3 is 2.35 bits per heavy atom. The molecule has 4 N–H and O–H groups in total. The summed E-state index contributed by atoms with van der Waals surface area (Å²) >= 11 is 0. The molecular weight excluding hydrogens is 472 g/mol. The monoisotopic (exact) mass is 520 g/mol. The first-order valence-corrected chi connectivity index (χ1v) is 14.3. The molecule has 1 aliphatic heterocycles. The molecule has 6 unspecified atom stereocenters. The van der Waals surface area contributed by atoms with Gasteiger partial charge < -0.3 is 29.9 Å². The maximum absolute atomic E-state index is 13.4. The van der Waals surface area contributed by atoms with E-state index in [-0.39, 0.29) is 36.1 Å². The van der Waals surface area contributed by atoms with Gasteiger partial charge in [-0.05, 0) is 115 Å². The van der Waals surface area contributed by atoms with Gasteiger partial charge in [0.1, 0.15) is 0 Å². The Hall–Kier alpha value is -0.830. The summed E-state index contributed by atoms with van der Waals surface area (Å²) in [6.07, 6.45) is 4.51. The van der Waals surface area contributed by atoms with E-state index in [1.165, 1.54) is 0 Å². The SMILES string of the molecule is CC(C)(O)CCC1OC(C)(C)O[C@]1(C)C1CC[C@@]2(O)C3=CC(=O)C4CC(O)C(O)C[C@]4(C)C3CC[C@]12C. The Bertz CT molecular complexity index is 983. The highest BCUT2D eigenvalue weighted by molar-refractivity contribution is 5.95. The fourth-order valence-corrected chi connectivity index (χ4v) is 9.49. The summed E-state index contributed by atoms with van der Waals surface area (Å²) in [5.41, 5.74) is -2.79. The van der Waals surface area contributed by atoms with Gasteiger partial charge in [0.15, 0.2) is 11.6 Å². The fraction of sp³-hybridized carbons (Fsp3) is 0.900. The molecule has 7 heteroatoms. The van der Waals surface area contributed by atoms with Gasteiger partial charge in [0.05, 0.1) is 35.1 Å². The Labute approximate surface area is 221 Å². The third kappa shape index (κ3) is 4.02. The molecule has 0 bridgehead atoms. The molecule has 1 heterocycles. The fourth-order valence-electron chi connectivity index (χ4n) is 9.49. The summed E-state index contributed by atoms with van der Waals surface area (Å²) in [7, 11) is 0. The molecule has 4 aliphatic carbocycles. The van der Waals surface area contributed by atoms with Crippen LogP contribution in [-0.4, -0.2) is 67.1 Å². The number of carbonyl (C=O) groups is 1. The highest BCUT2D eigenvalue weighted by Gasteiger charge is 2.71. The molecule has 0 radical (unpaired) electrons. The predicted octanol–water partition coefficient (Wildman–Crippen LogP) is 3.65. The van der Waals surface area contributed by atoms with Gasteiger partial charge in [0.25, 0.3) is 0 Å². The number of fused-ring (bicyclic) bond motifs is 5. The van der Waals surface area contributed by atoms with Crippen molar-refractivity contribution in [1.82, 2.24) is 0 Å². The van der Waals surface area contributed by atoms with Crippen molar-refractivity contribution >= 4 is 5.78 Å². The van der Waals surface area contributed by atoms with Gasteiger partial charge in [-0.3, -0.25) is 4.79 Å². The lowest BCUT2D eigenvalue weighted by molar-refractivity contribution is -0.191. The molecule has 4 fully saturated rings. The predicted molar refractivity (Wildman–Crippen MR) is 138 cm³/mol. The molecule has 0 amide bonds. The molecule has 0 aromatic rings. The van der Waals surface area contributed by atoms with E-state index in [2.05, 4.69) is 20.8 Å². The Morgan fingerprint density at radius 1 is 1.03 bits per heavy atom. The number of ether oxygens (including phenoxy) is 2. The zero-order chi connectivity index (χ0) is 27.4. The van der Waals surface area contributed by atoms with E-state index >= 15 is 0 Å². The van der Waals surface area contributed by atoms with Crippen LogP contribution in [0, 0.1) is 28.6 Å². The van der Waals surface area contributed by atoms with E-state index in [1.807, 2.05) is 27.7 Å². The van der Waals surface area contributed by atoms with Gasteiger partial charge >= 0.3 is 0 Å². The average molecular weight is 521 g/mol. The minimum absolute atomic E-state index is 0.000157. The summed E-state index contributed by atoms with van der Waals surface area (Å²) in [4.78, 5) is 13.4. The van der Waals surface area contributed by atoms with Crippen LogP contribution in [0.25, 0.3) is 0 Å². The number of aliphatic hydroxyl groups is 4. The second-order valence-electron chi connectivity index (χ2n) is 14.7. The first kappa shape index (κ1) is 27.7. The van der Waals surface area contributed by atoms with E-state index < -0.39 is 45.6 Å². The maximum atomic E-state index is 13.4. The summed E-state index contributed by atoms with van der Waals surface area (Å²) in [6.45, 7) is 13.8. The molecule has 210 valence electrons. The van der Waals surface area contributed by atoms with Crippen LogP contribution in [0.4, 0.5) is 0 Å². The lowest BCUT2D eigenvalue weighted by atomic mass is 9.45. The molecule has 0 spiro atoms. The average Bonchev–Trinajstić information content (AvgIpc) is 3.17. The van der Waals surface area contributed by atoms with Crippen LogP contribution in [0.15, 0.2) is 11.6 Å². The summed E-state index contributed by atoms with van der Waals surface area (Å²) in [6, 6.07) is 0. The number of carbonyl (C=O) groups excluding carboxylic acids is 1. The van der Waals surface area contributed by atoms with Gasteiger partial charge in [-0.25, -0.2) is 0 Å². The van der Waals surface area contributed by atoms with Crippen molar-refractivity contribution in [3.8, 4) is 0 Å². The Balaban J connectivity index is 1.51. The minimum Gasteiger partial charge on any atom is -0.390 e. The number of hydrogen-bond donors (Lipinski definition) is 4. The van der Waals surface area contributed by atoms with Gasteiger partial charge in [-0.15, -0.1) is 0 Å². The van der Waals surface area contributed by atoms with Crippen LogP contribution < -0.4 is 0 Å². The lowest BCUT2D eigenvalue weighted by Crippen LogP contribution is -2.62. The lowest BCUT2D eigenvalue weighted by Gasteiger charge is -2.60. The van der Waals surface area contributed by atoms with Crippen molar-refractivity contribution in [1.29, 1.82) is 0 Å². The normalized spacial score (nSPS) is 51.3. The van der Waals surface area contributed by atoms with Gasteiger partial charge in [-0.2, -0.15) is 0 Å². The van der Waals surface area contributed by atoms with E-state index in [4.69, 9.17) is 9.47 Å². The maximum Gasteiger partial charge on any atom is 0.164 e. The summed E-state index contributed by atoms with van der Waals surface area (Å²) < 4.78 is 13.1. The highest BCUT2D eigenvalue weighted by Crippen LogP contribution is 2.69. The molecule has 10 atom stereocenters. The Morgan fingerprint density at radius 2 is 1.70 bits per heavy atom. The van der Waals surface area contributed by atoms with Crippen LogP contribution in [0.1, 0.15) is 99.8 Å². The van der Waals surface area contributed by atoms with Crippen molar-refractivity contribution < 1.29 is 34.7 Å². The molecule has 37 heavy (non-hydrogen) atoms. The first-order valence-electron chi connectivity index (χ1n) is 14.3. The standard InChI is InChI=1S/C30H48O7/c1-25(2,34)11-10-24-29(7,37-26(3,4)36-24)23-9-13-30(35)18-14-20(31)19-15-21(32)22(33)16-27(19,5)17(18)8-12-28(23,30)6/h14,17,19,21-24,32-35H,8-13,15-16H2,1-7H3/t17?,19?,21?,22?,23?,24?,27-,28-,29-,30-/m1/s1. The van der Waals surface area contributed by atoms with Crippen molar-refractivity contribution in [2.24, 2.45) is 28.6 Å². The van der Waals surface area contributed by atoms with Crippen LogP contribution in [0.5, 0.6) is 0 Å². The number of ketones is 1. The molecule has 0 aromatic carbocycles. The van der Waals surface area contributed by atoms with Gasteiger partial charge in [0.2, 0.25) is 0 Å². The second-order valence-corrected chi connectivity index (χ2v) is 14.7. The van der Waals surface area contributed by atoms with Gasteiger partial charge in [0, 0.05) is 11.3 Å². The quantitative estimate of drug-likeness (QED) is 0.447. The van der Waals surface area contributed by atoms with E-state index in [1.54, 1.807) is 6.08 Å². The third-order valence-electron chi connectivity index (χ3n) is 11.4. The van der Waals surface area contributed by atoms with Crippen LogP contribution >= 0.6 is 0 Å². The van der Waals surface area contributed by atoms with Crippen molar-refractivity contribution in [2.45, 2.75) is 141 Å². The molecule has 0 aromatic heterocycles. The van der Waals surface area contributed by atoms with E-state index in [0.29, 0.717) is 25.7 Å². The van der Waals surface area contributed by atoms with E-state index in [9.17, 15) is 25.2 Å². The van der Waals surface area contributed by atoms with Crippen LogP contribution in [-0.2, 0) is 14.3 Å². The third-order valence-corrected chi connectivity index (χ3v) is 11.4. The molecule has 5 aliphatic rings. The second kappa shape index (κ2) is 8.34. The zero-order valence-electron chi connectivity index (χ0n) is 23.7. The molecule has 5 rings (SSSR count). The van der Waals surface area contributed by atoms with Crippen LogP contribution in [0.3, 0.4) is 0 Å². The summed E-state index contributed by atoms with van der Waals surface area (Å²) in [5.74, 6) is -1.14.